The van der Waals surface area contributed by atoms with Crippen molar-refractivity contribution in [1.82, 2.24) is 15.2 Å². The lowest BCUT2D eigenvalue weighted by atomic mass is 10.2. The maximum Gasteiger partial charge on any atom is 0.228 e. The molecule has 0 bridgehead atoms. The summed E-state index contributed by atoms with van der Waals surface area (Å²) in [6, 6.07) is 7.88. The van der Waals surface area contributed by atoms with Crippen molar-refractivity contribution in [3.05, 3.63) is 40.4 Å². The molecule has 1 fully saturated rings. The maximum absolute atomic E-state index is 12.4. The summed E-state index contributed by atoms with van der Waals surface area (Å²) >= 11 is 7.73. The quantitative estimate of drug-likeness (QED) is 0.843. The van der Waals surface area contributed by atoms with Crippen LogP contribution in [0.1, 0.15) is 12.6 Å². The molecule has 4 nitrogen and oxygen atoms in total. The van der Waals surface area contributed by atoms with Crippen LogP contribution in [0.5, 0.6) is 0 Å². The van der Waals surface area contributed by atoms with Crippen LogP contribution in [0.15, 0.2) is 29.6 Å². The highest BCUT2D eigenvalue weighted by molar-refractivity contribution is 7.13. The highest BCUT2D eigenvalue weighted by Gasteiger charge is 2.23. The molecule has 1 aliphatic heterocycles. The van der Waals surface area contributed by atoms with Crippen molar-refractivity contribution < 1.29 is 4.79 Å². The van der Waals surface area contributed by atoms with Gasteiger partial charge in [0.25, 0.3) is 0 Å². The third-order valence-corrected chi connectivity index (χ3v) is 5.06. The molecule has 1 aliphatic rings. The average Bonchev–Trinajstić information content (AvgIpc) is 2.96. The van der Waals surface area contributed by atoms with Gasteiger partial charge in [0.2, 0.25) is 5.91 Å². The lowest BCUT2D eigenvalue weighted by Gasteiger charge is -2.33. The number of hydrogen-bond acceptors (Lipinski definition) is 4. The van der Waals surface area contributed by atoms with Crippen molar-refractivity contribution in [3.8, 4) is 10.6 Å². The van der Waals surface area contributed by atoms with E-state index in [9.17, 15) is 4.79 Å². The number of benzene rings is 1. The second-order valence-corrected chi connectivity index (χ2v) is 6.71. The lowest BCUT2D eigenvalue weighted by Crippen LogP contribution is -2.52. The Morgan fingerprint density at radius 1 is 1.42 bits per heavy atom. The van der Waals surface area contributed by atoms with Crippen LogP contribution in [-0.2, 0) is 11.2 Å². The van der Waals surface area contributed by atoms with E-state index in [1.165, 1.54) is 11.3 Å². The van der Waals surface area contributed by atoms with Crippen LogP contribution in [0.2, 0.25) is 5.02 Å². The van der Waals surface area contributed by atoms with Gasteiger partial charge in [-0.1, -0.05) is 29.8 Å². The molecule has 2 aromatic rings. The molecule has 1 N–H and O–H groups in total. The first-order valence-corrected chi connectivity index (χ1v) is 8.60. The van der Waals surface area contributed by atoms with Gasteiger partial charge in [-0.05, 0) is 13.0 Å². The van der Waals surface area contributed by atoms with E-state index in [1.54, 1.807) is 0 Å². The first kappa shape index (κ1) is 21.2. The second kappa shape index (κ2) is 9.59. The normalized spacial score (nSPS) is 16.9. The molecule has 132 valence electrons. The van der Waals surface area contributed by atoms with E-state index in [0.29, 0.717) is 11.4 Å². The van der Waals surface area contributed by atoms with Crippen molar-refractivity contribution in [2.24, 2.45) is 0 Å². The van der Waals surface area contributed by atoms with Crippen molar-refractivity contribution >= 4 is 53.7 Å². The highest BCUT2D eigenvalue weighted by atomic mass is 35.5. The Morgan fingerprint density at radius 3 is 2.88 bits per heavy atom. The Bertz CT molecular complexity index is 680. The van der Waals surface area contributed by atoms with Crippen LogP contribution in [0.4, 0.5) is 0 Å². The highest BCUT2D eigenvalue weighted by Crippen LogP contribution is 2.30. The predicted molar refractivity (Wildman–Crippen MR) is 105 cm³/mol. The topological polar surface area (TPSA) is 45.2 Å². The number of halogens is 3. The van der Waals surface area contributed by atoms with Crippen LogP contribution < -0.4 is 5.32 Å². The first-order chi connectivity index (χ1) is 10.6. The molecule has 0 unspecified atom stereocenters. The molecular weight excluding hydrogens is 389 g/mol. The Morgan fingerprint density at radius 2 is 2.17 bits per heavy atom. The van der Waals surface area contributed by atoms with E-state index < -0.39 is 0 Å². The summed E-state index contributed by atoms with van der Waals surface area (Å²) < 4.78 is 0. The molecule has 1 aromatic carbocycles. The average molecular weight is 409 g/mol. The van der Waals surface area contributed by atoms with Gasteiger partial charge in [0, 0.05) is 36.6 Å². The SMILES string of the molecule is C[C@@H]1CNCCN1C(=O)Cc1csc(-c2ccccc2Cl)n1.Cl.Cl. The van der Waals surface area contributed by atoms with Crippen LogP contribution in [0.25, 0.3) is 10.6 Å². The Kier molecular flexibility index (Phi) is 8.46. The van der Waals surface area contributed by atoms with Gasteiger partial charge in [-0.25, -0.2) is 4.98 Å². The van der Waals surface area contributed by atoms with Gasteiger partial charge < -0.3 is 10.2 Å². The van der Waals surface area contributed by atoms with Gasteiger partial charge in [0.05, 0.1) is 17.1 Å². The molecule has 0 radical (unpaired) electrons. The predicted octanol–water partition coefficient (Wildman–Crippen LogP) is 3.67. The minimum atomic E-state index is 0. The third kappa shape index (κ3) is 4.83. The second-order valence-electron chi connectivity index (χ2n) is 5.44. The summed E-state index contributed by atoms with van der Waals surface area (Å²) in [5.41, 5.74) is 1.74. The zero-order chi connectivity index (χ0) is 15.5. The van der Waals surface area contributed by atoms with E-state index in [2.05, 4.69) is 17.2 Å². The minimum absolute atomic E-state index is 0. The number of amides is 1. The molecule has 1 aromatic heterocycles. The van der Waals surface area contributed by atoms with E-state index in [4.69, 9.17) is 11.6 Å². The van der Waals surface area contributed by atoms with Crippen molar-refractivity contribution in [2.75, 3.05) is 19.6 Å². The van der Waals surface area contributed by atoms with Crippen LogP contribution in [-0.4, -0.2) is 41.5 Å². The maximum atomic E-state index is 12.4. The van der Waals surface area contributed by atoms with Crippen molar-refractivity contribution in [1.29, 1.82) is 0 Å². The fourth-order valence-electron chi connectivity index (χ4n) is 2.61. The van der Waals surface area contributed by atoms with Crippen molar-refractivity contribution in [2.45, 2.75) is 19.4 Å². The Hall–Kier alpha value is -0.850. The van der Waals surface area contributed by atoms with Gasteiger partial charge in [-0.15, -0.1) is 36.2 Å². The number of rotatable bonds is 3. The molecule has 2 heterocycles. The molecule has 1 amide bonds. The molecular formula is C16H20Cl3N3OS. The fraction of sp³-hybridized carbons (Fsp3) is 0.375. The summed E-state index contributed by atoms with van der Waals surface area (Å²) in [6.07, 6.45) is 0.352. The summed E-state index contributed by atoms with van der Waals surface area (Å²) in [7, 11) is 0. The summed E-state index contributed by atoms with van der Waals surface area (Å²) in [4.78, 5) is 18.9. The molecule has 3 rings (SSSR count). The fourth-order valence-corrected chi connectivity index (χ4v) is 3.75. The van der Waals surface area contributed by atoms with Gasteiger partial charge in [-0.3, -0.25) is 4.79 Å². The molecule has 0 aliphatic carbocycles. The molecule has 0 saturated carbocycles. The molecule has 1 atom stereocenters. The van der Waals surface area contributed by atoms with Crippen molar-refractivity contribution in [3.63, 3.8) is 0 Å². The number of nitrogens with one attached hydrogen (secondary N) is 1. The van der Waals surface area contributed by atoms with Crippen LogP contribution in [0.3, 0.4) is 0 Å². The monoisotopic (exact) mass is 407 g/mol. The minimum Gasteiger partial charge on any atom is -0.337 e. The number of aromatic nitrogens is 1. The van der Waals surface area contributed by atoms with Crippen LogP contribution >= 0.6 is 47.8 Å². The standard InChI is InChI=1S/C16H18ClN3OS.2ClH/c1-11-9-18-6-7-20(11)15(21)8-12-10-22-16(19-12)13-4-2-3-5-14(13)17;;/h2-5,10-11,18H,6-9H2,1H3;2*1H/t11-;;/m1../s1. The van der Waals surface area contributed by atoms with E-state index in [0.717, 1.165) is 35.9 Å². The van der Waals surface area contributed by atoms with Gasteiger partial charge in [0.1, 0.15) is 5.01 Å². The number of hydrogen-bond donors (Lipinski definition) is 1. The number of carbonyl (C=O) groups excluding carboxylic acids is 1. The third-order valence-electron chi connectivity index (χ3n) is 3.81. The largest absolute Gasteiger partial charge is 0.337 e. The molecule has 24 heavy (non-hydrogen) atoms. The van der Waals surface area contributed by atoms with Crippen LogP contribution in [0, 0.1) is 0 Å². The summed E-state index contributed by atoms with van der Waals surface area (Å²) in [5, 5.41) is 6.79. The summed E-state index contributed by atoms with van der Waals surface area (Å²) in [5.74, 6) is 0.144. The molecule has 8 heteroatoms. The Balaban J connectivity index is 0.00000144. The van der Waals surface area contributed by atoms with E-state index >= 15 is 0 Å². The van der Waals surface area contributed by atoms with E-state index in [1.807, 2.05) is 34.5 Å². The van der Waals surface area contributed by atoms with E-state index in [-0.39, 0.29) is 36.8 Å². The smallest absolute Gasteiger partial charge is 0.228 e. The molecule has 1 saturated heterocycles. The molecule has 0 spiro atoms. The van der Waals surface area contributed by atoms with Gasteiger partial charge in [0.15, 0.2) is 0 Å². The number of thiazole rings is 1. The van der Waals surface area contributed by atoms with Gasteiger partial charge in [-0.2, -0.15) is 0 Å². The summed E-state index contributed by atoms with van der Waals surface area (Å²) in [6.45, 7) is 4.55. The number of carbonyl (C=O) groups is 1. The lowest BCUT2D eigenvalue weighted by molar-refractivity contribution is -0.133. The first-order valence-electron chi connectivity index (χ1n) is 7.34. The Labute approximate surface area is 163 Å². The van der Waals surface area contributed by atoms with Gasteiger partial charge >= 0.3 is 0 Å². The number of piperazine rings is 1. The number of nitrogens with zero attached hydrogens (tertiary/aromatic N) is 2. The zero-order valence-corrected chi connectivity index (χ0v) is 16.4. The zero-order valence-electron chi connectivity index (χ0n) is 13.2.